The van der Waals surface area contributed by atoms with Crippen molar-refractivity contribution in [3.63, 3.8) is 0 Å². The van der Waals surface area contributed by atoms with E-state index in [0.717, 1.165) is 12.1 Å². The van der Waals surface area contributed by atoms with Gasteiger partial charge in [-0.1, -0.05) is 0 Å². The van der Waals surface area contributed by atoms with Crippen molar-refractivity contribution in [1.29, 1.82) is 0 Å². The second kappa shape index (κ2) is 2.56. The van der Waals surface area contributed by atoms with Gasteiger partial charge in [0.25, 0.3) is 0 Å². The Labute approximate surface area is 75.2 Å². The summed E-state index contributed by atoms with van der Waals surface area (Å²) in [7, 11) is 0. The van der Waals surface area contributed by atoms with Crippen molar-refractivity contribution in [2.24, 2.45) is 0 Å². The third-order valence-electron chi connectivity index (χ3n) is 2.47. The lowest BCUT2D eigenvalue weighted by Gasteiger charge is -2.29. The Balaban J connectivity index is 2.51. The average molecular weight is 181 g/mol. The van der Waals surface area contributed by atoms with Gasteiger partial charge in [0.15, 0.2) is 5.54 Å². The van der Waals surface area contributed by atoms with Crippen molar-refractivity contribution in [3.8, 4) is 0 Å². The first-order valence-electron chi connectivity index (χ1n) is 4.16. The Bertz CT molecular complexity index is 347. The van der Waals surface area contributed by atoms with Crippen LogP contribution in [0.2, 0.25) is 0 Å². The van der Waals surface area contributed by atoms with Crippen LogP contribution in [0.5, 0.6) is 0 Å². The van der Waals surface area contributed by atoms with Gasteiger partial charge in [-0.25, -0.2) is 9.78 Å². The highest BCUT2D eigenvalue weighted by Gasteiger charge is 2.40. The fraction of sp³-hybridized carbons (Fsp3) is 0.500. The molecule has 0 amide bonds. The van der Waals surface area contributed by atoms with Gasteiger partial charge in [0.2, 0.25) is 0 Å². The van der Waals surface area contributed by atoms with E-state index in [1.165, 1.54) is 0 Å². The molecule has 0 unspecified atom stereocenters. The fourth-order valence-electron chi connectivity index (χ4n) is 1.64. The number of imidazole rings is 1. The minimum absolute atomic E-state index is 0.603. The van der Waals surface area contributed by atoms with E-state index in [9.17, 15) is 4.79 Å². The van der Waals surface area contributed by atoms with E-state index in [4.69, 9.17) is 5.11 Å². The first-order chi connectivity index (χ1) is 6.14. The number of rotatable bonds is 1. The molecule has 1 atom stereocenters. The van der Waals surface area contributed by atoms with Gasteiger partial charge in [0, 0.05) is 18.7 Å². The quantitative estimate of drug-likeness (QED) is 0.563. The molecule has 0 radical (unpaired) electrons. The summed E-state index contributed by atoms with van der Waals surface area (Å²) in [5, 5.41) is 12.0. The molecule has 0 saturated carbocycles. The van der Waals surface area contributed by atoms with Crippen LogP contribution in [0.3, 0.4) is 0 Å². The number of H-pyrrole nitrogens is 1. The molecule has 70 valence electrons. The van der Waals surface area contributed by atoms with Crippen molar-refractivity contribution < 1.29 is 9.90 Å². The summed E-state index contributed by atoms with van der Waals surface area (Å²) >= 11 is 0. The molecule has 1 aromatic heterocycles. The monoisotopic (exact) mass is 181 g/mol. The molecule has 0 saturated heterocycles. The molecule has 1 aliphatic rings. The second-order valence-electron chi connectivity index (χ2n) is 3.34. The van der Waals surface area contributed by atoms with Gasteiger partial charge >= 0.3 is 5.97 Å². The number of carboxylic acid groups (broad SMARTS) is 1. The summed E-state index contributed by atoms with van der Waals surface area (Å²) in [5.74, 6) is -0.888. The summed E-state index contributed by atoms with van der Waals surface area (Å²) in [6, 6.07) is 0. The van der Waals surface area contributed by atoms with E-state index >= 15 is 0 Å². The van der Waals surface area contributed by atoms with Crippen molar-refractivity contribution in [2.45, 2.75) is 18.9 Å². The predicted octanol–water partition coefficient (Wildman–Crippen LogP) is -0.145. The van der Waals surface area contributed by atoms with Crippen LogP contribution in [0.4, 0.5) is 0 Å². The van der Waals surface area contributed by atoms with Crippen molar-refractivity contribution >= 4 is 5.97 Å². The highest BCUT2D eigenvalue weighted by molar-refractivity contribution is 5.80. The standard InChI is InChI=1S/C8H11N3O2/c1-8(7(12)13)6-5(2-3-11-8)9-4-10-6/h4,11H,2-3H2,1H3,(H,9,10)(H,12,13)/t8-/m1/s1. The molecule has 1 aliphatic heterocycles. The molecule has 2 heterocycles. The number of fused-ring (bicyclic) bond motifs is 1. The predicted molar refractivity (Wildman–Crippen MR) is 45.3 cm³/mol. The Morgan fingerprint density at radius 2 is 2.54 bits per heavy atom. The van der Waals surface area contributed by atoms with Crippen molar-refractivity contribution in [2.75, 3.05) is 6.54 Å². The normalized spacial score (nSPS) is 26.8. The number of carbonyl (C=O) groups is 1. The number of carboxylic acids is 1. The lowest BCUT2D eigenvalue weighted by atomic mass is 9.92. The smallest absolute Gasteiger partial charge is 0.329 e. The third kappa shape index (κ3) is 1.04. The maximum absolute atomic E-state index is 11.0. The lowest BCUT2D eigenvalue weighted by Crippen LogP contribution is -2.51. The lowest BCUT2D eigenvalue weighted by molar-refractivity contribution is -0.145. The molecule has 0 aromatic carbocycles. The van der Waals surface area contributed by atoms with E-state index in [0.29, 0.717) is 12.2 Å². The maximum Gasteiger partial charge on any atom is 0.329 e. The molecular weight excluding hydrogens is 170 g/mol. The molecule has 3 N–H and O–H groups in total. The largest absolute Gasteiger partial charge is 0.480 e. The van der Waals surface area contributed by atoms with Crippen LogP contribution >= 0.6 is 0 Å². The molecular formula is C8H11N3O2. The zero-order valence-electron chi connectivity index (χ0n) is 7.29. The van der Waals surface area contributed by atoms with E-state index < -0.39 is 11.5 Å². The molecule has 0 aliphatic carbocycles. The minimum atomic E-state index is -1.03. The zero-order valence-corrected chi connectivity index (χ0v) is 7.29. The molecule has 1 aromatic rings. The topological polar surface area (TPSA) is 78.0 Å². The highest BCUT2D eigenvalue weighted by atomic mass is 16.4. The Hall–Kier alpha value is -1.36. The second-order valence-corrected chi connectivity index (χ2v) is 3.34. The van der Waals surface area contributed by atoms with Gasteiger partial charge < -0.3 is 10.1 Å². The average Bonchev–Trinajstić information content (AvgIpc) is 2.53. The first kappa shape index (κ1) is 8.25. The van der Waals surface area contributed by atoms with Crippen molar-refractivity contribution in [3.05, 3.63) is 17.7 Å². The third-order valence-corrected chi connectivity index (χ3v) is 2.47. The summed E-state index contributed by atoms with van der Waals surface area (Å²) in [6.45, 7) is 2.30. The molecule has 0 fully saturated rings. The van der Waals surface area contributed by atoms with Crippen LogP contribution in [-0.4, -0.2) is 27.6 Å². The maximum atomic E-state index is 11.0. The molecule has 5 heteroatoms. The Morgan fingerprint density at radius 3 is 3.23 bits per heavy atom. The summed E-state index contributed by atoms with van der Waals surface area (Å²) in [4.78, 5) is 18.0. The van der Waals surface area contributed by atoms with Crippen LogP contribution < -0.4 is 5.32 Å². The number of aliphatic carboxylic acids is 1. The molecule has 2 rings (SSSR count). The number of nitrogens with one attached hydrogen (secondary N) is 2. The van der Waals surface area contributed by atoms with Crippen LogP contribution in [0, 0.1) is 0 Å². The van der Waals surface area contributed by atoms with Gasteiger partial charge in [-0.2, -0.15) is 0 Å². The van der Waals surface area contributed by atoms with E-state index in [1.54, 1.807) is 13.3 Å². The summed E-state index contributed by atoms with van der Waals surface area (Å²) in [6.07, 6.45) is 2.34. The molecule has 0 bridgehead atoms. The number of nitrogens with zero attached hydrogens (tertiary/aromatic N) is 1. The zero-order chi connectivity index (χ0) is 9.47. The minimum Gasteiger partial charge on any atom is -0.480 e. The molecule has 0 spiro atoms. The number of hydrogen-bond donors (Lipinski definition) is 3. The van der Waals surface area contributed by atoms with E-state index in [1.807, 2.05) is 0 Å². The van der Waals surface area contributed by atoms with E-state index in [-0.39, 0.29) is 0 Å². The van der Waals surface area contributed by atoms with Crippen LogP contribution in [0.25, 0.3) is 0 Å². The summed E-state index contributed by atoms with van der Waals surface area (Å²) < 4.78 is 0. The van der Waals surface area contributed by atoms with Gasteiger partial charge in [0.05, 0.1) is 12.0 Å². The Kier molecular flexibility index (Phi) is 1.63. The highest BCUT2D eigenvalue weighted by Crippen LogP contribution is 2.25. The number of aromatic amines is 1. The van der Waals surface area contributed by atoms with Gasteiger partial charge in [0.1, 0.15) is 0 Å². The van der Waals surface area contributed by atoms with Gasteiger partial charge in [-0.05, 0) is 6.92 Å². The number of aromatic nitrogens is 2. The SMILES string of the molecule is C[C@@]1(C(=O)O)NCCc2[nH]cnc21. The number of hydrogen-bond acceptors (Lipinski definition) is 3. The Morgan fingerprint density at radius 1 is 1.77 bits per heavy atom. The van der Waals surface area contributed by atoms with Gasteiger partial charge in [-0.15, -0.1) is 0 Å². The first-order valence-corrected chi connectivity index (χ1v) is 4.16. The van der Waals surface area contributed by atoms with Gasteiger partial charge in [-0.3, -0.25) is 5.32 Å². The van der Waals surface area contributed by atoms with Crippen molar-refractivity contribution in [1.82, 2.24) is 15.3 Å². The van der Waals surface area contributed by atoms with E-state index in [2.05, 4.69) is 15.3 Å². The van der Waals surface area contributed by atoms with Crippen LogP contribution in [-0.2, 0) is 16.8 Å². The van der Waals surface area contributed by atoms with Crippen LogP contribution in [0.15, 0.2) is 6.33 Å². The van der Waals surface area contributed by atoms with Crippen LogP contribution in [0.1, 0.15) is 18.3 Å². The summed E-state index contributed by atoms with van der Waals surface area (Å²) in [5.41, 5.74) is 0.489. The molecule has 5 nitrogen and oxygen atoms in total. The fourth-order valence-corrected chi connectivity index (χ4v) is 1.64. The molecule has 13 heavy (non-hydrogen) atoms.